The summed E-state index contributed by atoms with van der Waals surface area (Å²) in [5.74, 6) is 1.09. The fourth-order valence-electron chi connectivity index (χ4n) is 3.51. The number of ether oxygens (including phenoxy) is 1. The Kier molecular flexibility index (Phi) is 9.64. The average Bonchev–Trinajstić information content (AvgIpc) is 3.09. The number of carbonyl (C=O) groups is 1. The SMILES string of the molecule is CCNC(=NCCCN1CCCC1=O)N1CCN(S(=O)(=O)CCOC(C)C)CC1. The number of hydrogen-bond acceptors (Lipinski definition) is 5. The van der Waals surface area contributed by atoms with E-state index >= 15 is 0 Å². The Bertz CT molecular complexity index is 645. The fourth-order valence-corrected chi connectivity index (χ4v) is 4.79. The van der Waals surface area contributed by atoms with Gasteiger partial charge in [0.2, 0.25) is 15.9 Å². The second kappa shape index (κ2) is 11.7. The summed E-state index contributed by atoms with van der Waals surface area (Å²) in [5.41, 5.74) is 0. The first-order valence-electron chi connectivity index (χ1n) is 10.7. The van der Waals surface area contributed by atoms with Crippen LogP contribution in [0.3, 0.4) is 0 Å². The number of nitrogens with zero attached hydrogens (tertiary/aromatic N) is 4. The zero-order valence-corrected chi connectivity index (χ0v) is 18.9. The van der Waals surface area contributed by atoms with E-state index in [1.54, 1.807) is 4.31 Å². The molecule has 1 N–H and O–H groups in total. The van der Waals surface area contributed by atoms with Crippen molar-refractivity contribution in [2.45, 2.75) is 46.1 Å². The molecule has 0 radical (unpaired) electrons. The Morgan fingerprint density at radius 1 is 1.21 bits per heavy atom. The number of piperazine rings is 1. The van der Waals surface area contributed by atoms with Gasteiger partial charge in [0.15, 0.2) is 5.96 Å². The molecule has 0 saturated carbocycles. The van der Waals surface area contributed by atoms with Crippen molar-refractivity contribution in [3.05, 3.63) is 0 Å². The van der Waals surface area contributed by atoms with Crippen LogP contribution in [0, 0.1) is 0 Å². The molecule has 2 aliphatic rings. The Hall–Kier alpha value is -1.39. The van der Waals surface area contributed by atoms with Crippen LogP contribution in [-0.4, -0.2) is 105 Å². The largest absolute Gasteiger partial charge is 0.378 e. The number of amides is 1. The van der Waals surface area contributed by atoms with Crippen LogP contribution in [0.2, 0.25) is 0 Å². The highest BCUT2D eigenvalue weighted by Crippen LogP contribution is 2.11. The molecule has 2 aliphatic heterocycles. The highest BCUT2D eigenvalue weighted by atomic mass is 32.2. The van der Waals surface area contributed by atoms with Crippen molar-refractivity contribution in [3.63, 3.8) is 0 Å². The lowest BCUT2D eigenvalue weighted by Crippen LogP contribution is -2.54. The number of likely N-dealkylation sites (tertiary alicyclic amines) is 1. The van der Waals surface area contributed by atoms with Crippen molar-refractivity contribution < 1.29 is 17.9 Å². The molecule has 0 atom stereocenters. The van der Waals surface area contributed by atoms with Crippen LogP contribution >= 0.6 is 0 Å². The smallest absolute Gasteiger partial charge is 0.222 e. The molecule has 0 bridgehead atoms. The highest BCUT2D eigenvalue weighted by molar-refractivity contribution is 7.89. The maximum atomic E-state index is 12.5. The average molecular weight is 432 g/mol. The Labute approximate surface area is 175 Å². The van der Waals surface area contributed by atoms with Gasteiger partial charge < -0.3 is 19.9 Å². The van der Waals surface area contributed by atoms with Gasteiger partial charge in [0.05, 0.1) is 18.5 Å². The summed E-state index contributed by atoms with van der Waals surface area (Å²) in [6, 6.07) is 0. The van der Waals surface area contributed by atoms with E-state index in [9.17, 15) is 13.2 Å². The third kappa shape index (κ3) is 7.75. The quantitative estimate of drug-likeness (QED) is 0.304. The summed E-state index contributed by atoms with van der Waals surface area (Å²) >= 11 is 0. The van der Waals surface area contributed by atoms with Gasteiger partial charge in [-0.2, -0.15) is 4.31 Å². The molecule has 9 nitrogen and oxygen atoms in total. The van der Waals surface area contributed by atoms with Crippen molar-refractivity contribution in [2.75, 3.05) is 64.7 Å². The molecule has 2 rings (SSSR count). The fraction of sp³-hybridized carbons (Fsp3) is 0.895. The Morgan fingerprint density at radius 2 is 1.93 bits per heavy atom. The van der Waals surface area contributed by atoms with Gasteiger partial charge in [-0.05, 0) is 33.6 Å². The monoisotopic (exact) mass is 431 g/mol. The molecule has 2 heterocycles. The molecule has 0 aromatic carbocycles. The van der Waals surface area contributed by atoms with E-state index in [-0.39, 0.29) is 24.4 Å². The predicted octanol–water partition coefficient (Wildman–Crippen LogP) is 0.337. The Morgan fingerprint density at radius 3 is 2.52 bits per heavy atom. The molecule has 29 heavy (non-hydrogen) atoms. The lowest BCUT2D eigenvalue weighted by Gasteiger charge is -2.36. The zero-order valence-electron chi connectivity index (χ0n) is 18.1. The first-order chi connectivity index (χ1) is 13.8. The van der Waals surface area contributed by atoms with Crippen LogP contribution in [0.4, 0.5) is 0 Å². The molecule has 168 valence electrons. The van der Waals surface area contributed by atoms with Crippen LogP contribution in [0.5, 0.6) is 0 Å². The van der Waals surface area contributed by atoms with Gasteiger partial charge in [0, 0.05) is 58.8 Å². The lowest BCUT2D eigenvalue weighted by molar-refractivity contribution is -0.127. The zero-order chi connectivity index (χ0) is 21.3. The van der Waals surface area contributed by atoms with E-state index < -0.39 is 10.0 Å². The number of nitrogens with one attached hydrogen (secondary N) is 1. The van der Waals surface area contributed by atoms with Crippen LogP contribution in [0.15, 0.2) is 4.99 Å². The number of rotatable bonds is 10. The van der Waals surface area contributed by atoms with Crippen LogP contribution in [-0.2, 0) is 19.6 Å². The molecule has 0 aromatic rings. The number of guanidine groups is 1. The van der Waals surface area contributed by atoms with Gasteiger partial charge in [0.25, 0.3) is 0 Å². The minimum absolute atomic E-state index is 0.0224. The van der Waals surface area contributed by atoms with Crippen molar-refractivity contribution >= 4 is 21.9 Å². The maximum Gasteiger partial charge on any atom is 0.222 e. The van der Waals surface area contributed by atoms with E-state index in [2.05, 4.69) is 15.2 Å². The van der Waals surface area contributed by atoms with E-state index in [0.717, 1.165) is 38.4 Å². The van der Waals surface area contributed by atoms with Gasteiger partial charge in [-0.1, -0.05) is 0 Å². The van der Waals surface area contributed by atoms with Crippen LogP contribution in [0.25, 0.3) is 0 Å². The van der Waals surface area contributed by atoms with E-state index in [1.807, 2.05) is 25.7 Å². The molecule has 2 saturated heterocycles. The second-order valence-corrected chi connectivity index (χ2v) is 9.78. The first-order valence-corrected chi connectivity index (χ1v) is 12.3. The van der Waals surface area contributed by atoms with Crippen molar-refractivity contribution in [1.82, 2.24) is 19.4 Å². The summed E-state index contributed by atoms with van der Waals surface area (Å²) in [6.45, 7) is 11.2. The highest BCUT2D eigenvalue weighted by Gasteiger charge is 2.28. The number of aliphatic imine (C=N–C) groups is 1. The second-order valence-electron chi connectivity index (χ2n) is 7.70. The van der Waals surface area contributed by atoms with Gasteiger partial charge in [-0.25, -0.2) is 8.42 Å². The molecular formula is C19H37N5O4S. The lowest BCUT2D eigenvalue weighted by atomic mass is 10.3. The van der Waals surface area contributed by atoms with Gasteiger partial charge >= 0.3 is 0 Å². The molecule has 2 fully saturated rings. The minimum atomic E-state index is -3.29. The van der Waals surface area contributed by atoms with Gasteiger partial charge in [0.1, 0.15) is 0 Å². The summed E-state index contributed by atoms with van der Waals surface area (Å²) < 4.78 is 31.9. The normalized spacial score (nSPS) is 19.4. The molecular weight excluding hydrogens is 394 g/mol. The van der Waals surface area contributed by atoms with E-state index in [1.165, 1.54) is 0 Å². The molecule has 0 unspecified atom stereocenters. The summed E-state index contributed by atoms with van der Waals surface area (Å²) in [7, 11) is -3.29. The number of hydrogen-bond donors (Lipinski definition) is 1. The molecule has 0 aromatic heterocycles. The summed E-state index contributed by atoms with van der Waals surface area (Å²) in [5, 5.41) is 3.30. The van der Waals surface area contributed by atoms with Gasteiger partial charge in [-0.3, -0.25) is 9.79 Å². The van der Waals surface area contributed by atoms with Crippen molar-refractivity contribution in [2.24, 2.45) is 4.99 Å². The molecule has 1 amide bonds. The number of sulfonamides is 1. The summed E-state index contributed by atoms with van der Waals surface area (Å²) in [6.07, 6.45) is 2.50. The molecule has 10 heteroatoms. The van der Waals surface area contributed by atoms with Crippen molar-refractivity contribution in [1.29, 1.82) is 0 Å². The van der Waals surface area contributed by atoms with Crippen molar-refractivity contribution in [3.8, 4) is 0 Å². The van der Waals surface area contributed by atoms with Gasteiger partial charge in [-0.15, -0.1) is 0 Å². The standard InChI is InChI=1S/C19H37N5O4S/c1-4-20-19(21-8-6-10-22-9-5-7-18(22)25)23-11-13-24(14-12-23)29(26,27)16-15-28-17(2)3/h17H,4-16H2,1-3H3,(H,20,21). The minimum Gasteiger partial charge on any atom is -0.378 e. The Balaban J connectivity index is 1.79. The molecule has 0 spiro atoms. The number of carbonyl (C=O) groups excluding carboxylic acids is 1. The summed E-state index contributed by atoms with van der Waals surface area (Å²) in [4.78, 5) is 20.4. The third-order valence-corrected chi connectivity index (χ3v) is 6.91. The predicted molar refractivity (Wildman–Crippen MR) is 114 cm³/mol. The maximum absolute atomic E-state index is 12.5. The van der Waals surface area contributed by atoms with E-state index in [4.69, 9.17) is 4.74 Å². The molecule has 0 aliphatic carbocycles. The van der Waals surface area contributed by atoms with E-state index in [0.29, 0.717) is 39.1 Å². The third-order valence-electron chi connectivity index (χ3n) is 5.08. The topological polar surface area (TPSA) is 94.5 Å². The van der Waals surface area contributed by atoms with Crippen LogP contribution in [0.1, 0.15) is 40.0 Å². The van der Waals surface area contributed by atoms with Crippen LogP contribution < -0.4 is 5.32 Å². The first kappa shape index (κ1) is 23.9.